The first-order chi connectivity index (χ1) is 17.1. The third kappa shape index (κ3) is 4.34. The molecule has 10 nitrogen and oxygen atoms in total. The smallest absolute Gasteiger partial charge is 0.416 e. The van der Waals surface area contributed by atoms with Crippen molar-refractivity contribution in [1.82, 2.24) is 5.01 Å². The quantitative estimate of drug-likeness (QED) is 0.494. The van der Waals surface area contributed by atoms with Gasteiger partial charge in [0.05, 0.1) is 25.0 Å². The number of hydrogen-bond acceptors (Lipinski definition) is 7. The number of imide groups is 1. The molecule has 36 heavy (non-hydrogen) atoms. The van der Waals surface area contributed by atoms with E-state index in [9.17, 15) is 32.3 Å². The molecule has 1 fully saturated rings. The summed E-state index contributed by atoms with van der Waals surface area (Å²) < 4.78 is 49.6. The van der Waals surface area contributed by atoms with Crippen LogP contribution in [0, 0.1) is 5.92 Å². The van der Waals surface area contributed by atoms with E-state index in [1.165, 1.54) is 26.2 Å². The van der Waals surface area contributed by atoms with E-state index >= 15 is 0 Å². The lowest BCUT2D eigenvalue weighted by atomic mass is 9.98. The van der Waals surface area contributed by atoms with Crippen LogP contribution in [0.3, 0.4) is 0 Å². The van der Waals surface area contributed by atoms with Crippen LogP contribution in [-0.4, -0.2) is 54.3 Å². The van der Waals surface area contributed by atoms with Gasteiger partial charge in [-0.3, -0.25) is 9.59 Å². The predicted molar refractivity (Wildman–Crippen MR) is 119 cm³/mol. The van der Waals surface area contributed by atoms with Gasteiger partial charge < -0.3 is 14.8 Å². The minimum atomic E-state index is -4.72. The van der Waals surface area contributed by atoms with E-state index in [2.05, 4.69) is 10.4 Å². The number of rotatable bonds is 5. The number of benzene rings is 2. The van der Waals surface area contributed by atoms with Gasteiger partial charge in [-0.25, -0.2) is 19.5 Å². The van der Waals surface area contributed by atoms with Crippen LogP contribution >= 0.6 is 0 Å². The van der Waals surface area contributed by atoms with Gasteiger partial charge >= 0.3 is 18.2 Å². The zero-order chi connectivity index (χ0) is 26.2. The fourth-order valence-electron chi connectivity index (χ4n) is 3.89. The number of amides is 4. The number of hydrogen-bond donors (Lipinski definition) is 1. The highest BCUT2D eigenvalue weighted by Crippen LogP contribution is 2.38. The van der Waals surface area contributed by atoms with Gasteiger partial charge in [0.25, 0.3) is 5.91 Å². The van der Waals surface area contributed by atoms with Crippen molar-refractivity contribution in [1.29, 1.82) is 0 Å². The molecule has 4 rings (SSSR count). The summed E-state index contributed by atoms with van der Waals surface area (Å²) in [5.74, 6) is -4.08. The number of ether oxygens (including phenoxy) is 2. The molecule has 2 aromatic carbocycles. The van der Waals surface area contributed by atoms with Crippen molar-refractivity contribution in [2.24, 2.45) is 11.0 Å². The topological polar surface area (TPSA) is 118 Å². The first-order valence-corrected chi connectivity index (χ1v) is 10.6. The molecule has 4 amide bonds. The molecule has 1 saturated heterocycles. The molecule has 0 radical (unpaired) electrons. The highest BCUT2D eigenvalue weighted by molar-refractivity contribution is 6.47. The summed E-state index contributed by atoms with van der Waals surface area (Å²) in [6.07, 6.45) is -4.72. The number of carbonyl (C=O) groups excluding carboxylic acids is 4. The molecule has 2 aliphatic heterocycles. The Morgan fingerprint density at radius 2 is 1.78 bits per heavy atom. The van der Waals surface area contributed by atoms with Crippen LogP contribution in [0.15, 0.2) is 53.6 Å². The van der Waals surface area contributed by atoms with E-state index in [-0.39, 0.29) is 12.3 Å². The Kier molecular flexibility index (Phi) is 6.39. The molecule has 0 spiro atoms. The summed E-state index contributed by atoms with van der Waals surface area (Å²) in [6, 6.07) is 7.23. The number of alkyl halides is 3. The number of fused-ring (bicyclic) bond motifs is 1. The SMILES string of the molecule is CCOC(=O)C1=NN(C(=O)Nc2ccc(OC)cc2)[C@@H]2C(=O)N(c3cccc(C(F)(F)F)c3)C(=O)[C@@H]12. The van der Waals surface area contributed by atoms with Crippen LogP contribution in [0.5, 0.6) is 5.75 Å². The maximum atomic E-state index is 13.3. The van der Waals surface area contributed by atoms with Gasteiger partial charge in [0, 0.05) is 5.69 Å². The number of hydrazone groups is 1. The van der Waals surface area contributed by atoms with E-state index in [1.807, 2.05) is 0 Å². The zero-order valence-corrected chi connectivity index (χ0v) is 18.9. The Bertz CT molecular complexity index is 1260. The van der Waals surface area contributed by atoms with Gasteiger partial charge in [-0.15, -0.1) is 0 Å². The molecule has 0 aliphatic carbocycles. The summed E-state index contributed by atoms with van der Waals surface area (Å²) in [4.78, 5) is 52.6. The number of urea groups is 1. The minimum Gasteiger partial charge on any atom is -0.497 e. The molecular formula is C23H19F3N4O6. The van der Waals surface area contributed by atoms with Crippen LogP contribution in [0.2, 0.25) is 0 Å². The Labute approximate surface area is 202 Å². The van der Waals surface area contributed by atoms with Crippen molar-refractivity contribution < 1.29 is 41.8 Å². The van der Waals surface area contributed by atoms with E-state index in [4.69, 9.17) is 9.47 Å². The molecule has 2 heterocycles. The summed E-state index contributed by atoms with van der Waals surface area (Å²) in [5.41, 5.74) is -1.64. The predicted octanol–water partition coefficient (Wildman–Crippen LogP) is 3.04. The molecule has 0 saturated carbocycles. The first kappa shape index (κ1) is 24.7. The lowest BCUT2D eigenvalue weighted by Gasteiger charge is -2.21. The van der Waals surface area contributed by atoms with Gasteiger partial charge in [-0.1, -0.05) is 6.07 Å². The molecule has 1 N–H and O–H groups in total. The number of esters is 1. The molecule has 188 valence electrons. The monoisotopic (exact) mass is 504 g/mol. The van der Waals surface area contributed by atoms with E-state index in [0.29, 0.717) is 27.4 Å². The van der Waals surface area contributed by atoms with E-state index in [0.717, 1.165) is 18.2 Å². The number of nitrogens with one attached hydrogen (secondary N) is 1. The Morgan fingerprint density at radius 3 is 2.39 bits per heavy atom. The third-order valence-electron chi connectivity index (χ3n) is 5.51. The summed E-state index contributed by atoms with van der Waals surface area (Å²) in [5, 5.41) is 7.03. The number of methoxy groups -OCH3 is 1. The number of nitrogens with zero attached hydrogens (tertiary/aromatic N) is 3. The van der Waals surface area contributed by atoms with Crippen LogP contribution in [-0.2, 0) is 25.3 Å². The standard InChI is InChI=1S/C23H19F3N4O6/c1-3-36-21(33)17-16-18(30(28-17)22(34)27-13-7-9-15(35-2)10-8-13)20(32)29(19(16)31)14-6-4-5-12(11-14)23(24,25)26/h4-11,16,18H,3H2,1-2H3,(H,27,34)/t16-,18-/m0/s1. The highest BCUT2D eigenvalue weighted by Gasteiger charge is 2.60. The van der Waals surface area contributed by atoms with Gasteiger partial charge in [-0.05, 0) is 49.4 Å². The van der Waals surface area contributed by atoms with Crippen molar-refractivity contribution in [3.63, 3.8) is 0 Å². The maximum Gasteiger partial charge on any atom is 0.416 e. The fourth-order valence-corrected chi connectivity index (χ4v) is 3.89. The lowest BCUT2D eigenvalue weighted by Crippen LogP contribution is -2.44. The summed E-state index contributed by atoms with van der Waals surface area (Å²) >= 11 is 0. The van der Waals surface area contributed by atoms with Crippen molar-refractivity contribution in [3.8, 4) is 5.75 Å². The summed E-state index contributed by atoms with van der Waals surface area (Å²) in [6.45, 7) is 1.43. The molecular weight excluding hydrogens is 485 g/mol. The van der Waals surface area contributed by atoms with Crippen molar-refractivity contribution in [2.75, 3.05) is 23.9 Å². The third-order valence-corrected chi connectivity index (χ3v) is 5.51. The second-order valence-electron chi connectivity index (χ2n) is 7.69. The molecule has 2 atom stereocenters. The van der Waals surface area contributed by atoms with E-state index < -0.39 is 53.2 Å². The van der Waals surface area contributed by atoms with Crippen molar-refractivity contribution in [2.45, 2.75) is 19.1 Å². The van der Waals surface area contributed by atoms with Gasteiger partial charge in [0.15, 0.2) is 11.8 Å². The van der Waals surface area contributed by atoms with Crippen LogP contribution in [0.4, 0.5) is 29.3 Å². The minimum absolute atomic E-state index is 0.0766. The van der Waals surface area contributed by atoms with Gasteiger partial charge in [0.1, 0.15) is 11.7 Å². The lowest BCUT2D eigenvalue weighted by molar-refractivity contribution is -0.137. The molecule has 13 heteroatoms. The summed E-state index contributed by atoms with van der Waals surface area (Å²) in [7, 11) is 1.46. The second-order valence-corrected chi connectivity index (χ2v) is 7.69. The van der Waals surface area contributed by atoms with Crippen molar-refractivity contribution in [3.05, 3.63) is 54.1 Å². The molecule has 0 aromatic heterocycles. The normalized spacial score (nSPS) is 19.2. The van der Waals surface area contributed by atoms with Crippen LogP contribution in [0.25, 0.3) is 0 Å². The Hall–Kier alpha value is -4.42. The van der Waals surface area contributed by atoms with Crippen LogP contribution in [0.1, 0.15) is 12.5 Å². The molecule has 2 aromatic rings. The molecule has 2 aliphatic rings. The Balaban J connectivity index is 1.69. The average Bonchev–Trinajstić information content (AvgIpc) is 3.36. The number of anilines is 2. The van der Waals surface area contributed by atoms with Gasteiger partial charge in [-0.2, -0.15) is 18.3 Å². The number of halogens is 3. The molecule has 0 unspecified atom stereocenters. The average molecular weight is 504 g/mol. The number of carbonyl (C=O) groups is 4. The Morgan fingerprint density at radius 1 is 1.08 bits per heavy atom. The zero-order valence-electron chi connectivity index (χ0n) is 18.9. The highest BCUT2D eigenvalue weighted by atomic mass is 19.4. The fraction of sp³-hybridized carbons (Fsp3) is 0.261. The van der Waals surface area contributed by atoms with Crippen LogP contribution < -0.4 is 15.0 Å². The second kappa shape index (κ2) is 9.32. The van der Waals surface area contributed by atoms with E-state index in [1.54, 1.807) is 12.1 Å². The van der Waals surface area contributed by atoms with Crippen molar-refractivity contribution >= 4 is 40.9 Å². The van der Waals surface area contributed by atoms with Gasteiger partial charge in [0.2, 0.25) is 5.91 Å². The largest absolute Gasteiger partial charge is 0.497 e. The first-order valence-electron chi connectivity index (χ1n) is 10.6. The maximum absolute atomic E-state index is 13.3. The molecule has 0 bridgehead atoms.